The van der Waals surface area contributed by atoms with Crippen LogP contribution in [0.2, 0.25) is 0 Å². The molecule has 4 heteroatoms. The van der Waals surface area contributed by atoms with E-state index in [0.717, 1.165) is 0 Å². The molecule has 1 unspecified atom stereocenters. The number of pyridine rings is 1. The van der Waals surface area contributed by atoms with E-state index >= 15 is 0 Å². The molecule has 0 aromatic carbocycles. The molecular weight excluding hydrogens is 180 g/mol. The van der Waals surface area contributed by atoms with Crippen molar-refractivity contribution in [2.24, 2.45) is 5.92 Å². The molecule has 1 aliphatic heterocycles. The van der Waals surface area contributed by atoms with Crippen molar-refractivity contribution in [1.29, 1.82) is 0 Å². The zero-order chi connectivity index (χ0) is 9.97. The highest BCUT2D eigenvalue weighted by atomic mass is 16.2. The Morgan fingerprint density at radius 1 is 1.50 bits per heavy atom. The smallest absolute Gasteiger partial charge is 0.231 e. The molecule has 0 saturated carbocycles. The standard InChI is InChI=1S/C10H10N2O2/c13-9(7-4-6-12-10(7)14)8-3-1-2-5-11-8/h1-3,5,7H,4,6H2,(H,12,14). The van der Waals surface area contributed by atoms with Gasteiger partial charge in [-0.3, -0.25) is 14.6 Å². The summed E-state index contributed by atoms with van der Waals surface area (Å²) in [6, 6.07) is 5.12. The minimum absolute atomic E-state index is 0.180. The highest BCUT2D eigenvalue weighted by Crippen LogP contribution is 2.14. The maximum absolute atomic E-state index is 11.7. The number of hydrogen-bond donors (Lipinski definition) is 1. The summed E-state index contributed by atoms with van der Waals surface area (Å²) in [7, 11) is 0. The topological polar surface area (TPSA) is 59.1 Å². The first-order valence-corrected chi connectivity index (χ1v) is 4.52. The molecule has 1 atom stereocenters. The number of amides is 1. The molecule has 4 nitrogen and oxygen atoms in total. The average molecular weight is 190 g/mol. The van der Waals surface area contributed by atoms with Crippen LogP contribution in [-0.2, 0) is 4.79 Å². The number of aromatic nitrogens is 1. The lowest BCUT2D eigenvalue weighted by Crippen LogP contribution is -2.25. The molecule has 0 spiro atoms. The van der Waals surface area contributed by atoms with Gasteiger partial charge < -0.3 is 5.32 Å². The van der Waals surface area contributed by atoms with E-state index in [2.05, 4.69) is 10.3 Å². The number of nitrogens with one attached hydrogen (secondary N) is 1. The predicted octanol–water partition coefficient (Wildman–Crippen LogP) is 0.400. The summed E-state index contributed by atoms with van der Waals surface area (Å²) in [6.45, 7) is 0.585. The first kappa shape index (κ1) is 8.87. The fourth-order valence-electron chi connectivity index (χ4n) is 1.53. The summed E-state index contributed by atoms with van der Waals surface area (Å²) in [4.78, 5) is 26.9. The molecule has 1 fully saturated rings. The van der Waals surface area contributed by atoms with Gasteiger partial charge in [0.05, 0.1) is 0 Å². The molecule has 1 aromatic rings. The van der Waals surface area contributed by atoms with Crippen LogP contribution in [0.15, 0.2) is 24.4 Å². The van der Waals surface area contributed by atoms with Gasteiger partial charge in [-0.2, -0.15) is 0 Å². The Hall–Kier alpha value is -1.71. The molecule has 72 valence electrons. The second kappa shape index (κ2) is 3.57. The van der Waals surface area contributed by atoms with E-state index in [1.807, 2.05) is 0 Å². The van der Waals surface area contributed by atoms with Crippen molar-refractivity contribution >= 4 is 11.7 Å². The van der Waals surface area contributed by atoms with Crippen molar-refractivity contribution in [2.45, 2.75) is 6.42 Å². The number of carbonyl (C=O) groups is 2. The summed E-state index contributed by atoms with van der Waals surface area (Å²) >= 11 is 0. The maximum atomic E-state index is 11.7. The summed E-state index contributed by atoms with van der Waals surface area (Å²) in [5, 5.41) is 2.63. The third kappa shape index (κ3) is 1.51. The lowest BCUT2D eigenvalue weighted by atomic mass is 10.00. The number of Topliss-reactive ketones (excluding diaryl/α,β-unsaturated/α-hetero) is 1. The summed E-state index contributed by atoms with van der Waals surface area (Å²) in [6.07, 6.45) is 2.13. The molecule has 0 radical (unpaired) electrons. The van der Waals surface area contributed by atoms with Crippen LogP contribution in [0.3, 0.4) is 0 Å². The van der Waals surface area contributed by atoms with Gasteiger partial charge in [-0.25, -0.2) is 0 Å². The van der Waals surface area contributed by atoms with Gasteiger partial charge in [0.25, 0.3) is 0 Å². The van der Waals surface area contributed by atoms with E-state index in [4.69, 9.17) is 0 Å². The SMILES string of the molecule is O=C1NCCC1C(=O)c1ccccn1. The van der Waals surface area contributed by atoms with E-state index in [9.17, 15) is 9.59 Å². The average Bonchev–Trinajstić information content (AvgIpc) is 2.65. The van der Waals surface area contributed by atoms with E-state index in [0.29, 0.717) is 18.7 Å². The van der Waals surface area contributed by atoms with Crippen molar-refractivity contribution in [3.05, 3.63) is 30.1 Å². The van der Waals surface area contributed by atoms with Crippen LogP contribution in [0.1, 0.15) is 16.9 Å². The molecule has 1 N–H and O–H groups in total. The van der Waals surface area contributed by atoms with E-state index < -0.39 is 5.92 Å². The minimum Gasteiger partial charge on any atom is -0.355 e. The summed E-state index contributed by atoms with van der Waals surface area (Å²) in [5.74, 6) is -0.897. The molecule has 0 aliphatic carbocycles. The Labute approximate surface area is 81.3 Å². The summed E-state index contributed by atoms with van der Waals surface area (Å²) < 4.78 is 0. The molecule has 1 aliphatic rings. The maximum Gasteiger partial charge on any atom is 0.231 e. The molecule has 1 aromatic heterocycles. The second-order valence-corrected chi connectivity index (χ2v) is 3.21. The van der Waals surface area contributed by atoms with Gasteiger partial charge in [0.15, 0.2) is 5.78 Å². The van der Waals surface area contributed by atoms with Crippen molar-refractivity contribution in [1.82, 2.24) is 10.3 Å². The first-order chi connectivity index (χ1) is 6.79. The van der Waals surface area contributed by atoms with E-state index in [-0.39, 0.29) is 11.7 Å². The first-order valence-electron chi connectivity index (χ1n) is 4.52. The molecule has 2 rings (SSSR count). The normalized spacial score (nSPS) is 20.6. The zero-order valence-electron chi connectivity index (χ0n) is 7.56. The van der Waals surface area contributed by atoms with E-state index in [1.165, 1.54) is 0 Å². The fraction of sp³-hybridized carbons (Fsp3) is 0.300. The lowest BCUT2D eigenvalue weighted by molar-refractivity contribution is -0.121. The van der Waals surface area contributed by atoms with Gasteiger partial charge in [0, 0.05) is 12.7 Å². The molecule has 1 amide bonds. The minimum atomic E-state index is -0.537. The largest absolute Gasteiger partial charge is 0.355 e. The molecule has 0 bridgehead atoms. The van der Waals surface area contributed by atoms with Gasteiger partial charge in [-0.1, -0.05) is 6.07 Å². The summed E-state index contributed by atoms with van der Waals surface area (Å²) in [5.41, 5.74) is 0.370. The van der Waals surface area contributed by atoms with Gasteiger partial charge >= 0.3 is 0 Å². The Kier molecular flexibility index (Phi) is 2.26. The van der Waals surface area contributed by atoms with Gasteiger partial charge in [-0.05, 0) is 18.6 Å². The molecule has 2 heterocycles. The monoisotopic (exact) mass is 190 g/mol. The number of carbonyl (C=O) groups excluding carboxylic acids is 2. The number of nitrogens with zero attached hydrogens (tertiary/aromatic N) is 1. The Balaban J connectivity index is 2.20. The van der Waals surface area contributed by atoms with Crippen molar-refractivity contribution in [2.75, 3.05) is 6.54 Å². The van der Waals surface area contributed by atoms with Crippen molar-refractivity contribution in [3.63, 3.8) is 0 Å². The van der Waals surface area contributed by atoms with Gasteiger partial charge in [0.2, 0.25) is 5.91 Å². The van der Waals surface area contributed by atoms with Crippen LogP contribution in [0.25, 0.3) is 0 Å². The van der Waals surface area contributed by atoms with Crippen molar-refractivity contribution in [3.8, 4) is 0 Å². The third-order valence-electron chi connectivity index (χ3n) is 2.28. The Bertz CT molecular complexity index is 362. The van der Waals surface area contributed by atoms with Crippen LogP contribution in [0.4, 0.5) is 0 Å². The van der Waals surface area contributed by atoms with Crippen LogP contribution < -0.4 is 5.32 Å². The Morgan fingerprint density at radius 2 is 2.36 bits per heavy atom. The quantitative estimate of drug-likeness (QED) is 0.542. The molecule has 1 saturated heterocycles. The fourth-order valence-corrected chi connectivity index (χ4v) is 1.53. The van der Waals surface area contributed by atoms with Gasteiger partial charge in [-0.15, -0.1) is 0 Å². The number of ketones is 1. The number of hydrogen-bond acceptors (Lipinski definition) is 3. The third-order valence-corrected chi connectivity index (χ3v) is 2.28. The van der Waals surface area contributed by atoms with Gasteiger partial charge in [0.1, 0.15) is 11.6 Å². The van der Waals surface area contributed by atoms with Crippen LogP contribution >= 0.6 is 0 Å². The Morgan fingerprint density at radius 3 is 2.93 bits per heavy atom. The highest BCUT2D eigenvalue weighted by molar-refractivity contribution is 6.09. The number of rotatable bonds is 2. The molecule has 14 heavy (non-hydrogen) atoms. The predicted molar refractivity (Wildman–Crippen MR) is 49.7 cm³/mol. The zero-order valence-corrected chi connectivity index (χ0v) is 7.56. The van der Waals surface area contributed by atoms with Crippen LogP contribution in [0, 0.1) is 5.92 Å². The van der Waals surface area contributed by atoms with Crippen LogP contribution in [0.5, 0.6) is 0 Å². The highest BCUT2D eigenvalue weighted by Gasteiger charge is 2.31. The van der Waals surface area contributed by atoms with Crippen LogP contribution in [-0.4, -0.2) is 23.2 Å². The second-order valence-electron chi connectivity index (χ2n) is 3.21. The van der Waals surface area contributed by atoms with Crippen molar-refractivity contribution < 1.29 is 9.59 Å². The molecular formula is C10H10N2O2. The van der Waals surface area contributed by atoms with E-state index in [1.54, 1.807) is 24.4 Å². The lowest BCUT2D eigenvalue weighted by Gasteiger charge is -2.03.